The molecule has 2 heterocycles. The molecule has 0 unspecified atom stereocenters. The number of benzene rings is 1. The maximum Gasteiger partial charge on any atom is 0.162 e. The third kappa shape index (κ3) is 2.81. The molecule has 1 aromatic heterocycles. The van der Waals surface area contributed by atoms with Gasteiger partial charge in [0.25, 0.3) is 0 Å². The molecule has 0 saturated carbocycles. The van der Waals surface area contributed by atoms with Crippen LogP contribution < -0.4 is 0 Å². The predicted octanol–water partition coefficient (Wildman–Crippen LogP) is 2.48. The molecule has 3 rings (SSSR count). The molecule has 2 aromatic rings. The molecular weight excluding hydrogens is 290 g/mol. The van der Waals surface area contributed by atoms with Crippen LogP contribution in [0.15, 0.2) is 24.5 Å². The van der Waals surface area contributed by atoms with Gasteiger partial charge < -0.3 is 9.30 Å². The van der Waals surface area contributed by atoms with E-state index in [1.54, 1.807) is 6.33 Å². The topological polar surface area (TPSA) is 57.0 Å². The lowest BCUT2D eigenvalue weighted by Crippen LogP contribution is -2.49. The van der Waals surface area contributed by atoms with Gasteiger partial charge in [-0.3, -0.25) is 4.79 Å². The maximum atomic E-state index is 12.3. The van der Waals surface area contributed by atoms with Crippen LogP contribution in [0.3, 0.4) is 0 Å². The Morgan fingerprint density at radius 3 is 2.65 bits per heavy atom. The Kier molecular flexibility index (Phi) is 4.31. The van der Waals surface area contributed by atoms with Crippen LogP contribution in [0.2, 0.25) is 0 Å². The van der Waals surface area contributed by atoms with Gasteiger partial charge in [0.15, 0.2) is 5.78 Å². The van der Waals surface area contributed by atoms with E-state index in [1.807, 2.05) is 18.5 Å². The molecule has 0 bridgehead atoms. The smallest absolute Gasteiger partial charge is 0.162 e. The molecule has 0 amide bonds. The summed E-state index contributed by atoms with van der Waals surface area (Å²) in [5, 5.41) is 8.17. The van der Waals surface area contributed by atoms with E-state index in [1.165, 1.54) is 5.56 Å². The molecule has 1 saturated heterocycles. The summed E-state index contributed by atoms with van der Waals surface area (Å²) in [7, 11) is 1.95. The van der Waals surface area contributed by atoms with Gasteiger partial charge >= 0.3 is 0 Å². The summed E-state index contributed by atoms with van der Waals surface area (Å²) in [4.78, 5) is 12.3. The second-order valence-electron chi connectivity index (χ2n) is 6.31. The summed E-state index contributed by atoms with van der Waals surface area (Å²) in [6.45, 7) is 5.32. The zero-order valence-electron chi connectivity index (χ0n) is 14.0. The Bertz CT molecular complexity index is 717. The number of ketones is 1. The first kappa shape index (κ1) is 15.9. The third-order valence-electron chi connectivity index (χ3n) is 4.78. The lowest BCUT2D eigenvalue weighted by atomic mass is 9.74. The molecule has 1 aliphatic rings. The molecule has 0 spiro atoms. The van der Waals surface area contributed by atoms with Crippen molar-refractivity contribution >= 4 is 5.78 Å². The molecule has 122 valence electrons. The fraction of sp³-hybridized carbons (Fsp3) is 0.500. The highest BCUT2D eigenvalue weighted by Gasteiger charge is 2.42. The minimum absolute atomic E-state index is 0.101. The van der Waals surface area contributed by atoms with Crippen molar-refractivity contribution in [2.45, 2.75) is 38.5 Å². The van der Waals surface area contributed by atoms with Gasteiger partial charge in [-0.05, 0) is 23.6 Å². The van der Waals surface area contributed by atoms with Crippen molar-refractivity contribution in [3.8, 4) is 0 Å². The summed E-state index contributed by atoms with van der Waals surface area (Å²) in [6.07, 6.45) is 3.89. The van der Waals surface area contributed by atoms with E-state index < -0.39 is 0 Å². The average Bonchev–Trinajstić information content (AvgIpc) is 2.94. The number of aryl methyl sites for hydroxylation is 2. The number of carbonyl (C=O) groups is 1. The van der Waals surface area contributed by atoms with Crippen LogP contribution in [0, 0.1) is 0 Å². The molecule has 1 aromatic carbocycles. The second kappa shape index (κ2) is 6.24. The van der Waals surface area contributed by atoms with E-state index in [4.69, 9.17) is 4.74 Å². The molecule has 1 aliphatic heterocycles. The number of hydrogen-bond donors (Lipinski definition) is 0. The number of rotatable bonds is 6. The number of ether oxygens (including phenoxy) is 1. The minimum Gasteiger partial charge on any atom is -0.379 e. The van der Waals surface area contributed by atoms with Crippen molar-refractivity contribution in [1.29, 1.82) is 0 Å². The quantitative estimate of drug-likeness (QED) is 0.769. The number of nitrogens with zero attached hydrogens (tertiary/aromatic N) is 3. The lowest BCUT2D eigenvalue weighted by molar-refractivity contribution is -0.0611. The summed E-state index contributed by atoms with van der Waals surface area (Å²) >= 11 is 0. The van der Waals surface area contributed by atoms with Crippen molar-refractivity contribution in [3.63, 3.8) is 0 Å². The van der Waals surface area contributed by atoms with Crippen molar-refractivity contribution in [1.82, 2.24) is 14.8 Å². The first-order valence-electron chi connectivity index (χ1n) is 8.17. The number of carbonyl (C=O) groups excluding carboxylic acids is 1. The fourth-order valence-electron chi connectivity index (χ4n) is 3.15. The van der Waals surface area contributed by atoms with Gasteiger partial charge in [0.1, 0.15) is 12.2 Å². The number of hydrogen-bond acceptors (Lipinski definition) is 4. The van der Waals surface area contributed by atoms with E-state index >= 15 is 0 Å². The molecule has 23 heavy (non-hydrogen) atoms. The third-order valence-corrected chi connectivity index (χ3v) is 4.78. The molecule has 5 nitrogen and oxygen atoms in total. The zero-order chi connectivity index (χ0) is 16.4. The predicted molar refractivity (Wildman–Crippen MR) is 87.6 cm³/mol. The van der Waals surface area contributed by atoms with Crippen LogP contribution >= 0.6 is 0 Å². The molecular formula is C18H23N3O2. The summed E-state index contributed by atoms with van der Waals surface area (Å²) in [5.41, 5.74) is 3.04. The Hall–Kier alpha value is -2.01. The lowest BCUT2D eigenvalue weighted by Gasteiger charge is -2.42. The first-order valence-corrected chi connectivity index (χ1v) is 8.17. The van der Waals surface area contributed by atoms with Gasteiger partial charge in [-0.25, -0.2) is 0 Å². The van der Waals surface area contributed by atoms with Crippen molar-refractivity contribution in [3.05, 3.63) is 47.0 Å². The molecule has 0 N–H and O–H groups in total. The Morgan fingerprint density at radius 1 is 1.35 bits per heavy atom. The highest BCUT2D eigenvalue weighted by Crippen LogP contribution is 2.36. The summed E-state index contributed by atoms with van der Waals surface area (Å²) in [6, 6.07) is 6.31. The molecule has 0 aliphatic carbocycles. The normalized spacial score (nSPS) is 16.1. The molecule has 1 fully saturated rings. The second-order valence-corrected chi connectivity index (χ2v) is 6.31. The Morgan fingerprint density at radius 2 is 2.13 bits per heavy atom. The van der Waals surface area contributed by atoms with Gasteiger partial charge in [-0.1, -0.05) is 26.0 Å². The van der Waals surface area contributed by atoms with Gasteiger partial charge in [-0.15, -0.1) is 10.2 Å². The number of Topliss-reactive ketones (excluding diaryl/α,β-unsaturated/α-hetero) is 1. The highest BCUT2D eigenvalue weighted by atomic mass is 16.5. The standard InChI is InChI=1S/C18H23N3O2/c1-4-13-6-7-14(8-15(13)16(22)5-2)18(10-23-11-18)9-17-20-19-12-21(17)3/h6-8,12H,4-5,9-11H2,1-3H3. The van der Waals surface area contributed by atoms with Crippen LogP contribution in [0.25, 0.3) is 0 Å². The van der Waals surface area contributed by atoms with Crippen LogP contribution in [-0.4, -0.2) is 33.8 Å². The van der Waals surface area contributed by atoms with Crippen molar-refractivity contribution in [2.24, 2.45) is 7.05 Å². The summed E-state index contributed by atoms with van der Waals surface area (Å²) < 4.78 is 7.47. The molecule has 0 radical (unpaired) electrons. The van der Waals surface area contributed by atoms with Gasteiger partial charge in [-0.2, -0.15) is 0 Å². The van der Waals surface area contributed by atoms with Gasteiger partial charge in [0.05, 0.1) is 13.2 Å². The zero-order valence-corrected chi connectivity index (χ0v) is 14.0. The average molecular weight is 313 g/mol. The van der Waals surface area contributed by atoms with Crippen LogP contribution in [0.5, 0.6) is 0 Å². The van der Waals surface area contributed by atoms with Gasteiger partial charge in [0.2, 0.25) is 0 Å². The van der Waals surface area contributed by atoms with Crippen molar-refractivity contribution in [2.75, 3.05) is 13.2 Å². The SMILES string of the molecule is CCC(=O)c1cc(C2(Cc3nncn3C)COC2)ccc1CC. The van der Waals surface area contributed by atoms with Crippen LogP contribution in [-0.2, 0) is 30.0 Å². The number of aromatic nitrogens is 3. The van der Waals surface area contributed by atoms with E-state index in [9.17, 15) is 4.79 Å². The fourth-order valence-corrected chi connectivity index (χ4v) is 3.15. The van der Waals surface area contributed by atoms with E-state index in [-0.39, 0.29) is 11.2 Å². The van der Waals surface area contributed by atoms with E-state index in [0.717, 1.165) is 29.8 Å². The monoisotopic (exact) mass is 313 g/mol. The molecule has 0 atom stereocenters. The largest absolute Gasteiger partial charge is 0.379 e. The maximum absolute atomic E-state index is 12.3. The Balaban J connectivity index is 1.98. The Labute approximate surface area is 136 Å². The highest BCUT2D eigenvalue weighted by molar-refractivity contribution is 5.97. The molecule has 5 heteroatoms. The van der Waals surface area contributed by atoms with Gasteiger partial charge in [0, 0.05) is 30.9 Å². The van der Waals surface area contributed by atoms with E-state index in [0.29, 0.717) is 19.6 Å². The van der Waals surface area contributed by atoms with Crippen LogP contribution in [0.1, 0.15) is 47.6 Å². The van der Waals surface area contributed by atoms with Crippen LogP contribution in [0.4, 0.5) is 0 Å². The van der Waals surface area contributed by atoms with Crippen molar-refractivity contribution < 1.29 is 9.53 Å². The summed E-state index contributed by atoms with van der Waals surface area (Å²) in [5.74, 6) is 1.15. The first-order chi connectivity index (χ1) is 11.1. The minimum atomic E-state index is -0.101. The van der Waals surface area contributed by atoms with E-state index in [2.05, 4.69) is 35.3 Å².